The predicted molar refractivity (Wildman–Crippen MR) is 114 cm³/mol. The molecule has 1 saturated carbocycles. The Morgan fingerprint density at radius 3 is 2.57 bits per heavy atom. The van der Waals surface area contributed by atoms with E-state index < -0.39 is 10.0 Å². The number of benzene rings is 1. The Balaban J connectivity index is 1.80. The number of anilines is 1. The molecule has 0 saturated heterocycles. The van der Waals surface area contributed by atoms with Crippen molar-refractivity contribution in [3.05, 3.63) is 17.2 Å². The molecule has 1 aromatic carbocycles. The topological polar surface area (TPSA) is 96.0 Å². The number of likely N-dealkylation sites (N-methyl/N-ethyl adjacent to an activating group) is 1. The first-order chi connectivity index (χ1) is 14.1. The zero-order valence-electron chi connectivity index (χ0n) is 17.5. The molecule has 3 rings (SSSR count). The lowest BCUT2D eigenvalue weighted by molar-refractivity contribution is -0.136. The molecule has 166 valence electrons. The highest BCUT2D eigenvalue weighted by Crippen LogP contribution is 2.36. The number of carbonyl (C=O) groups excluding carboxylic acids is 2. The van der Waals surface area contributed by atoms with E-state index >= 15 is 0 Å². The molecular formula is C20H28ClN3O5S. The van der Waals surface area contributed by atoms with Crippen molar-refractivity contribution in [3.63, 3.8) is 0 Å². The number of ether oxygens (including phenoxy) is 1. The molecule has 1 aliphatic heterocycles. The number of amides is 2. The molecular weight excluding hydrogens is 430 g/mol. The molecule has 1 heterocycles. The quantitative estimate of drug-likeness (QED) is 0.708. The van der Waals surface area contributed by atoms with E-state index in [2.05, 4.69) is 5.32 Å². The van der Waals surface area contributed by atoms with Gasteiger partial charge < -0.3 is 15.0 Å². The van der Waals surface area contributed by atoms with Crippen molar-refractivity contribution in [2.24, 2.45) is 0 Å². The van der Waals surface area contributed by atoms with Gasteiger partial charge >= 0.3 is 0 Å². The third kappa shape index (κ3) is 4.73. The summed E-state index contributed by atoms with van der Waals surface area (Å²) in [5.74, 6) is -0.336. The molecule has 0 bridgehead atoms. The monoisotopic (exact) mass is 457 g/mol. The van der Waals surface area contributed by atoms with Gasteiger partial charge in [0.1, 0.15) is 10.6 Å². The van der Waals surface area contributed by atoms with Crippen LogP contribution in [0.15, 0.2) is 17.0 Å². The summed E-state index contributed by atoms with van der Waals surface area (Å²) in [5, 5.41) is 2.54. The van der Waals surface area contributed by atoms with Crippen molar-refractivity contribution < 1.29 is 22.7 Å². The van der Waals surface area contributed by atoms with Crippen LogP contribution in [-0.2, 0) is 19.6 Å². The number of halogens is 1. The molecule has 1 aliphatic carbocycles. The average molecular weight is 458 g/mol. The number of rotatable bonds is 6. The van der Waals surface area contributed by atoms with Crippen LogP contribution in [0.25, 0.3) is 0 Å². The summed E-state index contributed by atoms with van der Waals surface area (Å²) in [6, 6.07) is 2.76. The van der Waals surface area contributed by atoms with Gasteiger partial charge in [-0.1, -0.05) is 30.9 Å². The number of fused-ring (bicyclic) bond motifs is 1. The lowest BCUT2D eigenvalue weighted by Crippen LogP contribution is -2.50. The minimum atomic E-state index is -4.04. The normalized spacial score (nSPS) is 17.5. The molecule has 0 atom stereocenters. The van der Waals surface area contributed by atoms with E-state index in [9.17, 15) is 18.0 Å². The fraction of sp³-hybridized carbons (Fsp3) is 0.600. The van der Waals surface area contributed by atoms with E-state index in [0.717, 1.165) is 30.0 Å². The lowest BCUT2D eigenvalue weighted by atomic mass is 9.93. The summed E-state index contributed by atoms with van der Waals surface area (Å²) >= 11 is 6.20. The molecule has 1 N–H and O–H groups in total. The van der Waals surface area contributed by atoms with Gasteiger partial charge in [-0.05, 0) is 32.8 Å². The minimum Gasteiger partial charge on any atom is -0.482 e. The van der Waals surface area contributed by atoms with Gasteiger partial charge in [0.2, 0.25) is 15.9 Å². The summed E-state index contributed by atoms with van der Waals surface area (Å²) in [7, 11) is -2.67. The van der Waals surface area contributed by atoms with Crippen LogP contribution in [0.3, 0.4) is 0 Å². The van der Waals surface area contributed by atoms with E-state index in [0.29, 0.717) is 5.69 Å². The fourth-order valence-corrected chi connectivity index (χ4v) is 5.71. The molecule has 0 radical (unpaired) electrons. The van der Waals surface area contributed by atoms with Gasteiger partial charge in [0, 0.05) is 25.2 Å². The van der Waals surface area contributed by atoms with E-state index in [1.165, 1.54) is 25.6 Å². The summed E-state index contributed by atoms with van der Waals surface area (Å²) in [6.45, 7) is 3.43. The maximum atomic E-state index is 13.1. The largest absolute Gasteiger partial charge is 0.482 e. The van der Waals surface area contributed by atoms with Crippen LogP contribution in [0.2, 0.25) is 5.02 Å². The van der Waals surface area contributed by atoms with Gasteiger partial charge in [0.15, 0.2) is 6.61 Å². The first-order valence-electron chi connectivity index (χ1n) is 10.1. The van der Waals surface area contributed by atoms with Crippen LogP contribution >= 0.6 is 11.6 Å². The van der Waals surface area contributed by atoms with Crippen molar-refractivity contribution in [3.8, 4) is 5.75 Å². The Morgan fingerprint density at radius 2 is 1.93 bits per heavy atom. The summed E-state index contributed by atoms with van der Waals surface area (Å²) in [4.78, 5) is 26.1. The van der Waals surface area contributed by atoms with Crippen LogP contribution in [-0.4, -0.2) is 61.7 Å². The molecule has 0 spiro atoms. The third-order valence-corrected chi connectivity index (χ3v) is 7.79. The molecule has 2 aliphatic rings. The zero-order chi connectivity index (χ0) is 22.1. The van der Waals surface area contributed by atoms with Crippen LogP contribution in [0.1, 0.15) is 46.0 Å². The van der Waals surface area contributed by atoms with Gasteiger partial charge in [0.05, 0.1) is 17.3 Å². The predicted octanol–water partition coefficient (Wildman–Crippen LogP) is 2.86. The van der Waals surface area contributed by atoms with Crippen molar-refractivity contribution in [2.75, 3.05) is 25.5 Å². The Labute approximate surface area is 182 Å². The standard InChI is InChI=1S/C20H28ClN3O5S/c1-13(2)24(14-7-5-4-6-8-14)20(26)11-23(3)30(27,28)18-10-17-16(9-15(18)21)22-19(25)12-29-17/h9-10,13-14H,4-8,11-12H2,1-3H3,(H,22,25). The molecule has 10 heteroatoms. The number of hydrogen-bond acceptors (Lipinski definition) is 5. The van der Waals surface area contributed by atoms with Crippen LogP contribution in [0.5, 0.6) is 5.75 Å². The van der Waals surface area contributed by atoms with E-state index in [4.69, 9.17) is 16.3 Å². The molecule has 1 aromatic rings. The molecule has 8 nitrogen and oxygen atoms in total. The molecule has 2 amide bonds. The Hall–Kier alpha value is -1.84. The number of carbonyl (C=O) groups is 2. The van der Waals surface area contributed by atoms with Crippen molar-refractivity contribution in [1.82, 2.24) is 9.21 Å². The summed E-state index contributed by atoms with van der Waals surface area (Å²) in [5.41, 5.74) is 0.317. The van der Waals surface area contributed by atoms with Gasteiger partial charge in [-0.2, -0.15) is 4.31 Å². The molecule has 30 heavy (non-hydrogen) atoms. The Morgan fingerprint density at radius 1 is 1.27 bits per heavy atom. The van der Waals surface area contributed by atoms with Crippen LogP contribution in [0, 0.1) is 0 Å². The zero-order valence-corrected chi connectivity index (χ0v) is 19.1. The van der Waals surface area contributed by atoms with Gasteiger partial charge in [-0.15, -0.1) is 0 Å². The second-order valence-electron chi connectivity index (χ2n) is 8.06. The van der Waals surface area contributed by atoms with Gasteiger partial charge in [0.25, 0.3) is 5.91 Å². The second-order valence-corrected chi connectivity index (χ2v) is 10.5. The second kappa shape index (κ2) is 9.11. The Kier molecular flexibility index (Phi) is 6.94. The number of nitrogens with zero attached hydrogens (tertiary/aromatic N) is 2. The first-order valence-corrected chi connectivity index (χ1v) is 12.0. The van der Waals surface area contributed by atoms with E-state index in [1.807, 2.05) is 18.7 Å². The molecule has 0 unspecified atom stereocenters. The number of hydrogen-bond donors (Lipinski definition) is 1. The van der Waals surface area contributed by atoms with E-state index in [-0.39, 0.29) is 52.7 Å². The van der Waals surface area contributed by atoms with Crippen LogP contribution < -0.4 is 10.1 Å². The highest BCUT2D eigenvalue weighted by molar-refractivity contribution is 7.89. The lowest BCUT2D eigenvalue weighted by Gasteiger charge is -2.38. The molecule has 1 fully saturated rings. The van der Waals surface area contributed by atoms with Gasteiger partial charge in [-0.3, -0.25) is 9.59 Å². The van der Waals surface area contributed by atoms with Crippen molar-refractivity contribution >= 4 is 39.1 Å². The molecule has 0 aromatic heterocycles. The highest BCUT2D eigenvalue weighted by atomic mass is 35.5. The number of sulfonamides is 1. The van der Waals surface area contributed by atoms with Crippen LogP contribution in [0.4, 0.5) is 5.69 Å². The summed E-state index contributed by atoms with van der Waals surface area (Å²) in [6.07, 6.45) is 5.22. The Bertz CT molecular complexity index is 929. The minimum absolute atomic E-state index is 0.0129. The number of nitrogens with one attached hydrogen (secondary N) is 1. The van der Waals surface area contributed by atoms with Crippen molar-refractivity contribution in [2.45, 2.75) is 62.9 Å². The van der Waals surface area contributed by atoms with Gasteiger partial charge in [-0.25, -0.2) is 8.42 Å². The fourth-order valence-electron chi connectivity index (χ4n) is 4.08. The highest BCUT2D eigenvalue weighted by Gasteiger charge is 2.33. The average Bonchev–Trinajstić information content (AvgIpc) is 2.67. The SMILES string of the molecule is CC(C)N(C(=O)CN(C)S(=O)(=O)c1cc2c(cc1Cl)NC(=O)CO2)C1CCCCC1. The third-order valence-electron chi connectivity index (χ3n) is 5.53. The maximum absolute atomic E-state index is 13.1. The summed E-state index contributed by atoms with van der Waals surface area (Å²) < 4.78 is 32.6. The first kappa shape index (κ1) is 22.8. The maximum Gasteiger partial charge on any atom is 0.262 e. The van der Waals surface area contributed by atoms with E-state index in [1.54, 1.807) is 0 Å². The smallest absolute Gasteiger partial charge is 0.262 e. The van der Waals surface area contributed by atoms with Crippen molar-refractivity contribution in [1.29, 1.82) is 0 Å².